The van der Waals surface area contributed by atoms with E-state index in [1.165, 1.54) is 54.8 Å². The highest BCUT2D eigenvalue weighted by Gasteiger charge is 2.27. The van der Waals surface area contributed by atoms with Crippen LogP contribution in [-0.2, 0) is 12.8 Å². The molecule has 2 unspecified atom stereocenters. The Kier molecular flexibility index (Phi) is 8.11. The van der Waals surface area contributed by atoms with E-state index in [-0.39, 0.29) is 0 Å². The van der Waals surface area contributed by atoms with Crippen molar-refractivity contribution in [1.82, 2.24) is 4.90 Å². The zero-order valence-electron chi connectivity index (χ0n) is 16.7. The quantitative estimate of drug-likeness (QED) is 0.459. The summed E-state index contributed by atoms with van der Waals surface area (Å²) >= 11 is 7.95. The van der Waals surface area contributed by atoms with Crippen molar-refractivity contribution in [3.05, 3.63) is 64.7 Å². The van der Waals surface area contributed by atoms with Crippen LogP contribution in [0.2, 0.25) is 5.02 Å². The number of piperidine rings is 1. The van der Waals surface area contributed by atoms with Crippen molar-refractivity contribution in [2.24, 2.45) is 11.8 Å². The number of halogens is 1. The predicted octanol–water partition coefficient (Wildman–Crippen LogP) is 6.59. The minimum atomic E-state index is 0.823. The van der Waals surface area contributed by atoms with Gasteiger partial charge in [0.2, 0.25) is 0 Å². The monoisotopic (exact) mass is 401 g/mol. The molecule has 0 N–H and O–H groups in total. The summed E-state index contributed by atoms with van der Waals surface area (Å²) in [6, 6.07) is 17.5. The van der Waals surface area contributed by atoms with E-state index < -0.39 is 0 Å². The van der Waals surface area contributed by atoms with Crippen molar-refractivity contribution in [2.45, 2.75) is 43.9 Å². The molecular formula is C24H32ClNS. The van der Waals surface area contributed by atoms with Crippen molar-refractivity contribution in [3.8, 4) is 0 Å². The summed E-state index contributed by atoms with van der Waals surface area (Å²) in [4.78, 5) is 4.03. The lowest BCUT2D eigenvalue weighted by molar-refractivity contribution is 0.111. The number of hydrogen-bond donors (Lipinski definition) is 0. The first-order chi connectivity index (χ1) is 13.2. The molecule has 1 nitrogen and oxygen atoms in total. The summed E-state index contributed by atoms with van der Waals surface area (Å²) in [5, 5.41) is 0.850. The highest BCUT2D eigenvalue weighted by Crippen LogP contribution is 2.30. The van der Waals surface area contributed by atoms with Gasteiger partial charge in [0, 0.05) is 23.0 Å². The molecule has 2 atom stereocenters. The lowest BCUT2D eigenvalue weighted by Crippen LogP contribution is -2.41. The van der Waals surface area contributed by atoms with E-state index in [1.54, 1.807) is 0 Å². The topological polar surface area (TPSA) is 3.24 Å². The Balaban J connectivity index is 1.52. The molecule has 0 spiro atoms. The van der Waals surface area contributed by atoms with Crippen LogP contribution in [0.1, 0.15) is 37.3 Å². The van der Waals surface area contributed by atoms with Gasteiger partial charge in [-0.2, -0.15) is 0 Å². The average Bonchev–Trinajstić information content (AvgIpc) is 2.71. The highest BCUT2D eigenvalue weighted by molar-refractivity contribution is 7.98. The number of nitrogens with zero attached hydrogens (tertiary/aromatic N) is 1. The van der Waals surface area contributed by atoms with Gasteiger partial charge in [-0.25, -0.2) is 0 Å². The van der Waals surface area contributed by atoms with E-state index in [2.05, 4.69) is 60.5 Å². The Bertz CT molecular complexity index is 700. The van der Waals surface area contributed by atoms with Crippen LogP contribution in [0, 0.1) is 11.8 Å². The fourth-order valence-electron chi connectivity index (χ4n) is 4.35. The van der Waals surface area contributed by atoms with Crippen LogP contribution in [-0.4, -0.2) is 30.8 Å². The number of aryl methyl sites for hydroxylation is 1. The van der Waals surface area contributed by atoms with E-state index in [0.717, 1.165) is 29.8 Å². The van der Waals surface area contributed by atoms with Gasteiger partial charge in [-0.15, -0.1) is 11.8 Å². The zero-order chi connectivity index (χ0) is 19.1. The molecule has 0 aromatic heterocycles. The maximum absolute atomic E-state index is 6.13. The molecule has 0 amide bonds. The summed E-state index contributed by atoms with van der Waals surface area (Å²) in [5.74, 6) is 1.71. The van der Waals surface area contributed by atoms with Crippen LogP contribution in [0.15, 0.2) is 53.4 Å². The molecule has 3 rings (SSSR count). The summed E-state index contributed by atoms with van der Waals surface area (Å²) in [6.45, 7) is 6.02. The normalized spacial score (nSPS) is 20.7. The van der Waals surface area contributed by atoms with Gasteiger partial charge in [-0.1, -0.05) is 49.2 Å². The molecule has 2 aromatic rings. The molecule has 0 radical (unpaired) electrons. The minimum absolute atomic E-state index is 0.823. The standard InChI is InChI=1S/C24H32ClNS/c1-3-21-14-16-26(15-13-20-5-4-6-23(25)17-20)18-22(21)10-7-19-8-11-24(27-2)12-9-19/h4-6,8-9,11-12,17,21-22H,3,7,10,13-16,18H2,1-2H3. The molecule has 0 aliphatic carbocycles. The van der Waals surface area contributed by atoms with Gasteiger partial charge < -0.3 is 4.90 Å². The van der Waals surface area contributed by atoms with Gasteiger partial charge in [-0.3, -0.25) is 0 Å². The van der Waals surface area contributed by atoms with Crippen molar-refractivity contribution < 1.29 is 0 Å². The first-order valence-electron chi connectivity index (χ1n) is 10.3. The lowest BCUT2D eigenvalue weighted by Gasteiger charge is -2.38. The second-order valence-electron chi connectivity index (χ2n) is 7.78. The Hall–Kier alpha value is -0.960. The molecule has 146 valence electrons. The second-order valence-corrected chi connectivity index (χ2v) is 9.10. The molecule has 1 fully saturated rings. The van der Waals surface area contributed by atoms with Crippen LogP contribution in [0.25, 0.3) is 0 Å². The van der Waals surface area contributed by atoms with Crippen molar-refractivity contribution in [1.29, 1.82) is 0 Å². The van der Waals surface area contributed by atoms with Gasteiger partial charge in [0.1, 0.15) is 0 Å². The summed E-state index contributed by atoms with van der Waals surface area (Å²) in [6.07, 6.45) is 8.42. The molecular weight excluding hydrogens is 370 g/mol. The number of hydrogen-bond acceptors (Lipinski definition) is 2. The SMILES string of the molecule is CCC1CCN(CCc2cccc(Cl)c2)CC1CCc1ccc(SC)cc1. The third-order valence-corrected chi connectivity index (χ3v) is 7.05. The number of thioether (sulfide) groups is 1. The molecule has 0 bridgehead atoms. The maximum atomic E-state index is 6.13. The van der Waals surface area contributed by atoms with E-state index in [1.807, 2.05) is 17.8 Å². The van der Waals surface area contributed by atoms with E-state index in [9.17, 15) is 0 Å². The number of benzene rings is 2. The van der Waals surface area contributed by atoms with Crippen LogP contribution in [0.4, 0.5) is 0 Å². The Morgan fingerprint density at radius 3 is 2.56 bits per heavy atom. The van der Waals surface area contributed by atoms with Crippen molar-refractivity contribution >= 4 is 23.4 Å². The molecule has 3 heteroatoms. The third kappa shape index (κ3) is 6.27. The molecule has 1 aliphatic rings. The summed E-state index contributed by atoms with van der Waals surface area (Å²) in [5.41, 5.74) is 2.84. The minimum Gasteiger partial charge on any atom is -0.303 e. The number of likely N-dealkylation sites (tertiary alicyclic amines) is 1. The van der Waals surface area contributed by atoms with Gasteiger partial charge in [0.25, 0.3) is 0 Å². The highest BCUT2D eigenvalue weighted by atomic mass is 35.5. The van der Waals surface area contributed by atoms with Crippen molar-refractivity contribution in [2.75, 3.05) is 25.9 Å². The zero-order valence-corrected chi connectivity index (χ0v) is 18.2. The fourth-order valence-corrected chi connectivity index (χ4v) is 4.97. The van der Waals surface area contributed by atoms with Crippen molar-refractivity contribution in [3.63, 3.8) is 0 Å². The molecule has 1 heterocycles. The smallest absolute Gasteiger partial charge is 0.0408 e. The van der Waals surface area contributed by atoms with Gasteiger partial charge >= 0.3 is 0 Å². The summed E-state index contributed by atoms with van der Waals surface area (Å²) in [7, 11) is 0. The lowest BCUT2D eigenvalue weighted by atomic mass is 9.80. The largest absolute Gasteiger partial charge is 0.303 e. The van der Waals surface area contributed by atoms with Gasteiger partial charge in [0.15, 0.2) is 0 Å². The Morgan fingerprint density at radius 2 is 1.85 bits per heavy atom. The molecule has 27 heavy (non-hydrogen) atoms. The van der Waals surface area contributed by atoms with E-state index in [0.29, 0.717) is 0 Å². The Morgan fingerprint density at radius 1 is 1.04 bits per heavy atom. The first-order valence-corrected chi connectivity index (χ1v) is 11.9. The fraction of sp³-hybridized carbons (Fsp3) is 0.500. The molecule has 2 aromatic carbocycles. The van der Waals surface area contributed by atoms with Gasteiger partial charge in [0.05, 0.1) is 0 Å². The predicted molar refractivity (Wildman–Crippen MR) is 120 cm³/mol. The van der Waals surface area contributed by atoms with Gasteiger partial charge in [-0.05, 0) is 85.7 Å². The van der Waals surface area contributed by atoms with E-state index >= 15 is 0 Å². The summed E-state index contributed by atoms with van der Waals surface area (Å²) < 4.78 is 0. The first kappa shape index (κ1) is 20.8. The van der Waals surface area contributed by atoms with Crippen LogP contribution >= 0.6 is 23.4 Å². The Labute approximate surface area is 174 Å². The maximum Gasteiger partial charge on any atom is 0.0408 e. The molecule has 1 saturated heterocycles. The third-order valence-electron chi connectivity index (χ3n) is 6.07. The molecule has 0 saturated carbocycles. The van der Waals surface area contributed by atoms with Crippen LogP contribution in [0.5, 0.6) is 0 Å². The number of rotatable bonds is 8. The van der Waals surface area contributed by atoms with E-state index in [4.69, 9.17) is 11.6 Å². The second kappa shape index (κ2) is 10.5. The average molecular weight is 402 g/mol. The van der Waals surface area contributed by atoms with Crippen LogP contribution < -0.4 is 0 Å². The van der Waals surface area contributed by atoms with Crippen LogP contribution in [0.3, 0.4) is 0 Å². The molecule has 1 aliphatic heterocycles.